The van der Waals surface area contributed by atoms with E-state index in [4.69, 9.17) is 32.7 Å². The summed E-state index contributed by atoms with van der Waals surface area (Å²) in [6, 6.07) is 23.8. The van der Waals surface area contributed by atoms with E-state index in [9.17, 15) is 4.79 Å². The monoisotopic (exact) mass is 546 g/mol. The highest BCUT2D eigenvalue weighted by Crippen LogP contribution is 2.31. The third-order valence-corrected chi connectivity index (χ3v) is 6.39. The van der Waals surface area contributed by atoms with Gasteiger partial charge in [0, 0.05) is 46.0 Å². The molecule has 2 aromatic heterocycles. The Morgan fingerprint density at radius 1 is 0.895 bits per heavy atom. The predicted octanol–water partition coefficient (Wildman–Crippen LogP) is 6.40. The number of ether oxygens (including phenoxy) is 2. The maximum atomic E-state index is 12.9. The van der Waals surface area contributed by atoms with Crippen molar-refractivity contribution in [1.29, 1.82) is 0 Å². The number of aromatic amines is 1. The molecule has 192 valence electrons. The minimum atomic E-state index is -0.223. The molecule has 1 amide bonds. The van der Waals surface area contributed by atoms with Crippen LogP contribution in [-0.2, 0) is 19.6 Å². The molecule has 2 N–H and O–H groups in total. The van der Waals surface area contributed by atoms with Crippen LogP contribution in [0.15, 0.2) is 85.1 Å². The average molecular weight is 547 g/mol. The summed E-state index contributed by atoms with van der Waals surface area (Å²) in [4.78, 5) is 24.9. The molecule has 5 rings (SSSR count). The van der Waals surface area contributed by atoms with Gasteiger partial charge in [-0.1, -0.05) is 47.5 Å². The van der Waals surface area contributed by atoms with Crippen molar-refractivity contribution in [3.63, 3.8) is 0 Å². The minimum absolute atomic E-state index is 0.168. The quantitative estimate of drug-likeness (QED) is 0.211. The van der Waals surface area contributed by atoms with Gasteiger partial charge < -0.3 is 19.8 Å². The lowest BCUT2D eigenvalue weighted by Crippen LogP contribution is -2.25. The van der Waals surface area contributed by atoms with Crippen molar-refractivity contribution in [3.8, 4) is 11.5 Å². The van der Waals surface area contributed by atoms with E-state index in [-0.39, 0.29) is 19.1 Å². The number of pyridine rings is 1. The molecule has 3 aromatic carbocycles. The molecule has 0 saturated carbocycles. The van der Waals surface area contributed by atoms with E-state index in [0.717, 1.165) is 22.3 Å². The molecule has 38 heavy (non-hydrogen) atoms. The number of imidazole rings is 1. The van der Waals surface area contributed by atoms with Gasteiger partial charge in [-0.25, -0.2) is 4.98 Å². The molecule has 0 bridgehead atoms. The number of hydrogen-bond acceptors (Lipinski definition) is 5. The molecular formula is C29H24Cl2N4O3. The second-order valence-electron chi connectivity index (χ2n) is 8.50. The number of para-hydroxylation sites is 2. The number of aromatic nitrogens is 3. The number of amides is 1. The first-order valence-electron chi connectivity index (χ1n) is 12.0. The Hall–Kier alpha value is -4.07. The number of carbonyl (C=O) groups excluding carboxylic acids is 1. The first-order valence-corrected chi connectivity index (χ1v) is 12.8. The highest BCUT2D eigenvalue weighted by molar-refractivity contribution is 6.35. The van der Waals surface area contributed by atoms with Crippen molar-refractivity contribution in [1.82, 2.24) is 20.3 Å². The van der Waals surface area contributed by atoms with E-state index in [1.807, 2.05) is 42.5 Å². The van der Waals surface area contributed by atoms with Gasteiger partial charge in [-0.05, 0) is 54.6 Å². The van der Waals surface area contributed by atoms with Gasteiger partial charge in [0.1, 0.15) is 19.0 Å². The Morgan fingerprint density at radius 3 is 2.55 bits per heavy atom. The van der Waals surface area contributed by atoms with Crippen LogP contribution >= 0.6 is 23.2 Å². The summed E-state index contributed by atoms with van der Waals surface area (Å²) in [6.07, 6.45) is 2.36. The van der Waals surface area contributed by atoms with Crippen LogP contribution < -0.4 is 14.8 Å². The van der Waals surface area contributed by atoms with Crippen LogP contribution in [0.25, 0.3) is 11.0 Å². The zero-order chi connectivity index (χ0) is 26.3. The van der Waals surface area contributed by atoms with Crippen LogP contribution in [0.4, 0.5) is 0 Å². The summed E-state index contributed by atoms with van der Waals surface area (Å²) in [6.45, 7) is 0.820. The summed E-state index contributed by atoms with van der Waals surface area (Å²) >= 11 is 12.3. The Kier molecular flexibility index (Phi) is 8.06. The smallest absolute Gasteiger partial charge is 0.251 e. The summed E-state index contributed by atoms with van der Waals surface area (Å²) in [5, 5.41) is 3.96. The largest absolute Gasteiger partial charge is 0.485 e. The fourth-order valence-electron chi connectivity index (χ4n) is 3.85. The molecule has 0 aliphatic rings. The highest BCUT2D eigenvalue weighted by atomic mass is 35.5. The van der Waals surface area contributed by atoms with Gasteiger partial charge in [0.25, 0.3) is 5.91 Å². The fourth-order valence-corrected chi connectivity index (χ4v) is 4.31. The van der Waals surface area contributed by atoms with E-state index in [2.05, 4.69) is 20.3 Å². The second-order valence-corrected chi connectivity index (χ2v) is 9.35. The van der Waals surface area contributed by atoms with E-state index in [0.29, 0.717) is 45.9 Å². The second kappa shape index (κ2) is 12.0. The SMILES string of the molecule is O=C(NCCc1ccccn1)c1ccc(OCc2nc3ccccc3[nH]2)c(OCc2ccc(Cl)cc2Cl)c1. The van der Waals surface area contributed by atoms with Crippen molar-refractivity contribution < 1.29 is 14.3 Å². The maximum absolute atomic E-state index is 12.9. The van der Waals surface area contributed by atoms with Crippen molar-refractivity contribution in [2.45, 2.75) is 19.6 Å². The minimum Gasteiger partial charge on any atom is -0.485 e. The van der Waals surface area contributed by atoms with Crippen molar-refractivity contribution >= 4 is 40.1 Å². The molecule has 0 aliphatic carbocycles. The number of halogens is 2. The van der Waals surface area contributed by atoms with Crippen molar-refractivity contribution in [3.05, 3.63) is 118 Å². The third kappa shape index (κ3) is 6.43. The lowest BCUT2D eigenvalue weighted by atomic mass is 10.1. The number of fused-ring (bicyclic) bond motifs is 1. The Morgan fingerprint density at radius 2 is 1.74 bits per heavy atom. The summed E-state index contributed by atoms with van der Waals surface area (Å²) in [5.74, 6) is 1.33. The van der Waals surface area contributed by atoms with Gasteiger partial charge in [0.15, 0.2) is 11.5 Å². The van der Waals surface area contributed by atoms with Crippen LogP contribution in [0.3, 0.4) is 0 Å². The van der Waals surface area contributed by atoms with Gasteiger partial charge in [0.05, 0.1) is 11.0 Å². The number of nitrogens with one attached hydrogen (secondary N) is 2. The fraction of sp³-hybridized carbons (Fsp3) is 0.138. The van der Waals surface area contributed by atoms with Gasteiger partial charge >= 0.3 is 0 Å². The number of hydrogen-bond donors (Lipinski definition) is 2. The Labute approximate surface area is 229 Å². The standard InChI is InChI=1S/C29H24Cl2N4O3/c30-21-10-8-20(23(31)16-21)17-37-27-15-19(29(36)33-14-12-22-5-3-4-13-32-22)9-11-26(27)38-18-28-34-24-6-1-2-7-25(24)35-28/h1-11,13,15-16H,12,14,17-18H2,(H,33,36)(H,34,35). The number of nitrogens with zero attached hydrogens (tertiary/aromatic N) is 2. The third-order valence-electron chi connectivity index (χ3n) is 5.80. The molecular weight excluding hydrogens is 523 g/mol. The molecule has 0 fully saturated rings. The molecule has 2 heterocycles. The first-order chi connectivity index (χ1) is 18.5. The Balaban J connectivity index is 1.31. The van der Waals surface area contributed by atoms with E-state index in [1.54, 1.807) is 42.6 Å². The van der Waals surface area contributed by atoms with E-state index >= 15 is 0 Å². The van der Waals surface area contributed by atoms with Crippen LogP contribution in [-0.4, -0.2) is 27.4 Å². The summed E-state index contributed by atoms with van der Waals surface area (Å²) in [7, 11) is 0. The maximum Gasteiger partial charge on any atom is 0.251 e. The van der Waals surface area contributed by atoms with Crippen molar-refractivity contribution in [2.24, 2.45) is 0 Å². The Bertz CT molecular complexity index is 1520. The topological polar surface area (TPSA) is 89.1 Å². The molecule has 0 unspecified atom stereocenters. The van der Waals surface area contributed by atoms with Gasteiger partial charge in [0.2, 0.25) is 0 Å². The number of rotatable bonds is 10. The normalized spacial score (nSPS) is 10.9. The molecule has 9 heteroatoms. The zero-order valence-corrected chi connectivity index (χ0v) is 21.8. The molecule has 0 radical (unpaired) electrons. The zero-order valence-electron chi connectivity index (χ0n) is 20.3. The molecule has 0 spiro atoms. The lowest BCUT2D eigenvalue weighted by molar-refractivity contribution is 0.0953. The predicted molar refractivity (Wildman–Crippen MR) is 148 cm³/mol. The first kappa shape index (κ1) is 25.6. The van der Waals surface area contributed by atoms with Gasteiger partial charge in [-0.2, -0.15) is 0 Å². The average Bonchev–Trinajstić information content (AvgIpc) is 3.35. The van der Waals surface area contributed by atoms with Gasteiger partial charge in [-0.3, -0.25) is 9.78 Å². The molecule has 5 aromatic rings. The van der Waals surface area contributed by atoms with Crippen molar-refractivity contribution in [2.75, 3.05) is 6.54 Å². The summed E-state index contributed by atoms with van der Waals surface area (Å²) in [5.41, 5.74) is 3.89. The van der Waals surface area contributed by atoms with Crippen LogP contribution in [0.1, 0.15) is 27.4 Å². The van der Waals surface area contributed by atoms with Crippen LogP contribution in [0.2, 0.25) is 10.0 Å². The number of carbonyl (C=O) groups is 1. The summed E-state index contributed by atoms with van der Waals surface area (Å²) < 4.78 is 12.1. The van der Waals surface area contributed by atoms with E-state index < -0.39 is 0 Å². The lowest BCUT2D eigenvalue weighted by Gasteiger charge is -2.15. The molecule has 0 atom stereocenters. The van der Waals surface area contributed by atoms with Crippen LogP contribution in [0, 0.1) is 0 Å². The number of H-pyrrole nitrogens is 1. The number of benzene rings is 3. The van der Waals surface area contributed by atoms with Gasteiger partial charge in [-0.15, -0.1) is 0 Å². The molecule has 7 nitrogen and oxygen atoms in total. The van der Waals surface area contributed by atoms with Crippen LogP contribution in [0.5, 0.6) is 11.5 Å². The molecule has 0 aliphatic heterocycles. The van der Waals surface area contributed by atoms with E-state index in [1.165, 1.54) is 0 Å². The highest BCUT2D eigenvalue weighted by Gasteiger charge is 2.14. The molecule has 0 saturated heterocycles.